The average Bonchev–Trinajstić information content (AvgIpc) is 2.75. The Hall–Kier alpha value is -2.19. The van der Waals surface area contributed by atoms with Crippen LogP contribution < -0.4 is 0 Å². The topological polar surface area (TPSA) is 84.0 Å². The molecule has 1 fully saturated rings. The fourth-order valence-electron chi connectivity index (χ4n) is 3.68. The summed E-state index contributed by atoms with van der Waals surface area (Å²) in [6.07, 6.45) is 7.86. The minimum atomic E-state index is -3.58. The normalized spacial score (nSPS) is 17.9. The number of ether oxygens (including phenoxy) is 1. The van der Waals surface area contributed by atoms with E-state index in [2.05, 4.69) is 0 Å². The Labute approximate surface area is 172 Å². The van der Waals surface area contributed by atoms with Gasteiger partial charge in [-0.1, -0.05) is 19.1 Å². The van der Waals surface area contributed by atoms with E-state index in [0.29, 0.717) is 11.3 Å². The molecule has 0 aromatic heterocycles. The molecule has 0 saturated carbocycles. The van der Waals surface area contributed by atoms with Gasteiger partial charge in [-0.2, -0.15) is 4.31 Å². The molecule has 0 bridgehead atoms. The number of hydrogen-bond donors (Lipinski definition) is 0. The number of fused-ring (bicyclic) bond motifs is 1. The zero-order valence-electron chi connectivity index (χ0n) is 16.8. The van der Waals surface area contributed by atoms with Crippen LogP contribution in [0.15, 0.2) is 35.2 Å². The molecule has 8 heteroatoms. The lowest BCUT2D eigenvalue weighted by Gasteiger charge is -2.34. The van der Waals surface area contributed by atoms with E-state index < -0.39 is 16.0 Å². The van der Waals surface area contributed by atoms with Crippen molar-refractivity contribution in [1.82, 2.24) is 9.21 Å². The highest BCUT2D eigenvalue weighted by molar-refractivity contribution is 7.89. The second kappa shape index (κ2) is 9.54. The second-order valence-corrected chi connectivity index (χ2v) is 9.28. The van der Waals surface area contributed by atoms with Crippen molar-refractivity contribution in [3.63, 3.8) is 0 Å². The third kappa shape index (κ3) is 5.25. The number of esters is 1. The molecule has 1 saturated heterocycles. The molecular formula is C21H28N2O5S. The highest BCUT2D eigenvalue weighted by Crippen LogP contribution is 2.26. The fraction of sp³-hybridized carbons (Fsp3) is 0.524. The van der Waals surface area contributed by atoms with Gasteiger partial charge in [0.05, 0.1) is 4.90 Å². The lowest BCUT2D eigenvalue weighted by Crippen LogP contribution is -2.51. The number of aryl methyl sites for hydroxylation is 2. The molecule has 7 nitrogen and oxygen atoms in total. The van der Waals surface area contributed by atoms with Crippen LogP contribution in [0.3, 0.4) is 0 Å². The summed E-state index contributed by atoms with van der Waals surface area (Å²) in [5, 5.41) is 0. The Balaban J connectivity index is 1.56. The third-order valence-corrected chi connectivity index (χ3v) is 7.27. The molecule has 0 atom stereocenters. The number of hydrogen-bond acceptors (Lipinski definition) is 5. The molecule has 0 N–H and O–H groups in total. The van der Waals surface area contributed by atoms with Crippen LogP contribution in [0.5, 0.6) is 0 Å². The van der Waals surface area contributed by atoms with Gasteiger partial charge in [0.25, 0.3) is 5.91 Å². The summed E-state index contributed by atoms with van der Waals surface area (Å²) in [6, 6.07) is 5.44. The Morgan fingerprint density at radius 2 is 1.76 bits per heavy atom. The van der Waals surface area contributed by atoms with E-state index in [1.54, 1.807) is 12.1 Å². The lowest BCUT2D eigenvalue weighted by atomic mass is 9.92. The van der Waals surface area contributed by atoms with Gasteiger partial charge in [0.1, 0.15) is 0 Å². The number of carbonyl (C=O) groups is 2. The van der Waals surface area contributed by atoms with E-state index in [1.807, 2.05) is 19.1 Å². The van der Waals surface area contributed by atoms with Crippen molar-refractivity contribution in [3.05, 3.63) is 41.5 Å². The molecule has 0 unspecified atom stereocenters. The fourth-order valence-corrected chi connectivity index (χ4v) is 5.16. The third-order valence-electron chi connectivity index (χ3n) is 5.38. The monoisotopic (exact) mass is 420 g/mol. The maximum atomic E-state index is 13.0. The maximum Gasteiger partial charge on any atom is 0.330 e. The van der Waals surface area contributed by atoms with Crippen LogP contribution in [0.25, 0.3) is 0 Å². The molecule has 1 amide bonds. The summed E-state index contributed by atoms with van der Waals surface area (Å²) in [4.78, 5) is 25.5. The van der Waals surface area contributed by atoms with Crippen molar-refractivity contribution < 1.29 is 22.7 Å². The predicted molar refractivity (Wildman–Crippen MR) is 109 cm³/mol. The summed E-state index contributed by atoms with van der Waals surface area (Å²) in [5.74, 6) is -0.858. The average molecular weight is 421 g/mol. The quantitative estimate of drug-likeness (QED) is 0.519. The number of nitrogens with zero attached hydrogens (tertiary/aromatic N) is 2. The molecule has 1 aliphatic carbocycles. The molecular weight excluding hydrogens is 392 g/mol. The molecule has 1 aromatic carbocycles. The van der Waals surface area contributed by atoms with Crippen molar-refractivity contribution in [3.8, 4) is 0 Å². The van der Waals surface area contributed by atoms with Crippen LogP contribution in [0.2, 0.25) is 0 Å². The summed E-state index contributed by atoms with van der Waals surface area (Å²) >= 11 is 0. The highest BCUT2D eigenvalue weighted by atomic mass is 32.2. The van der Waals surface area contributed by atoms with Crippen molar-refractivity contribution in [2.24, 2.45) is 0 Å². The van der Waals surface area contributed by atoms with Crippen molar-refractivity contribution >= 4 is 21.9 Å². The number of carbonyl (C=O) groups excluding carboxylic acids is 2. The van der Waals surface area contributed by atoms with Gasteiger partial charge in [0.2, 0.25) is 10.0 Å². The first-order valence-electron chi connectivity index (χ1n) is 10.1. The van der Waals surface area contributed by atoms with Gasteiger partial charge < -0.3 is 9.64 Å². The highest BCUT2D eigenvalue weighted by Gasteiger charge is 2.30. The van der Waals surface area contributed by atoms with Crippen LogP contribution in [-0.2, 0) is 37.2 Å². The largest absolute Gasteiger partial charge is 0.452 e. The van der Waals surface area contributed by atoms with Crippen LogP contribution in [0, 0.1) is 0 Å². The van der Waals surface area contributed by atoms with Gasteiger partial charge >= 0.3 is 5.97 Å². The predicted octanol–water partition coefficient (Wildman–Crippen LogP) is 1.91. The molecule has 2 aliphatic rings. The molecule has 3 rings (SSSR count). The molecule has 0 spiro atoms. The first-order valence-corrected chi connectivity index (χ1v) is 11.6. The zero-order chi connectivity index (χ0) is 20.9. The van der Waals surface area contributed by atoms with Gasteiger partial charge in [0, 0.05) is 32.3 Å². The van der Waals surface area contributed by atoms with Crippen LogP contribution in [0.1, 0.15) is 37.3 Å². The molecule has 29 heavy (non-hydrogen) atoms. The van der Waals surface area contributed by atoms with E-state index >= 15 is 0 Å². The number of amides is 1. The van der Waals surface area contributed by atoms with Gasteiger partial charge in [-0.3, -0.25) is 4.79 Å². The van der Waals surface area contributed by atoms with Crippen molar-refractivity contribution in [2.75, 3.05) is 32.8 Å². The van der Waals surface area contributed by atoms with E-state index in [1.165, 1.54) is 20.8 Å². The van der Waals surface area contributed by atoms with E-state index in [4.69, 9.17) is 4.74 Å². The Morgan fingerprint density at radius 1 is 1.07 bits per heavy atom. The first-order chi connectivity index (χ1) is 13.9. The van der Waals surface area contributed by atoms with E-state index in [-0.39, 0.29) is 38.7 Å². The molecule has 0 radical (unpaired) electrons. The lowest BCUT2D eigenvalue weighted by molar-refractivity contribution is -0.148. The molecule has 1 aromatic rings. The Kier molecular flexibility index (Phi) is 7.08. The number of sulfonamides is 1. The molecule has 158 valence electrons. The summed E-state index contributed by atoms with van der Waals surface area (Å²) in [5.41, 5.74) is 2.37. The van der Waals surface area contributed by atoms with Crippen LogP contribution in [0.4, 0.5) is 0 Å². The zero-order valence-corrected chi connectivity index (χ0v) is 17.6. The van der Waals surface area contributed by atoms with E-state index in [0.717, 1.165) is 31.2 Å². The van der Waals surface area contributed by atoms with Gasteiger partial charge in [-0.15, -0.1) is 0 Å². The summed E-state index contributed by atoms with van der Waals surface area (Å²) in [7, 11) is -3.58. The minimum absolute atomic E-state index is 0.231. The number of piperazine rings is 1. The first kappa shape index (κ1) is 21.5. The standard InChI is InChI=1S/C21H28N2O5S/c1-2-3-8-21(25)28-16-20(24)22-11-13-23(14-12-22)29(26,27)19-10-9-17-6-4-5-7-18(17)15-19/h3,8-10,15H,2,4-7,11-14,16H2,1H3/b8-3+. The van der Waals surface area contributed by atoms with Crippen molar-refractivity contribution in [2.45, 2.75) is 43.9 Å². The number of allylic oxidation sites excluding steroid dienone is 1. The Morgan fingerprint density at radius 3 is 2.45 bits per heavy atom. The molecule has 1 aliphatic heterocycles. The smallest absolute Gasteiger partial charge is 0.330 e. The minimum Gasteiger partial charge on any atom is -0.452 e. The van der Waals surface area contributed by atoms with Gasteiger partial charge in [-0.05, 0) is 55.4 Å². The van der Waals surface area contributed by atoms with E-state index in [9.17, 15) is 18.0 Å². The number of benzene rings is 1. The van der Waals surface area contributed by atoms with Gasteiger partial charge in [-0.25, -0.2) is 13.2 Å². The SMILES string of the molecule is CC/C=C/C(=O)OCC(=O)N1CCN(S(=O)(=O)c2ccc3c(c2)CCCC3)CC1. The Bertz CT molecular complexity index is 886. The van der Waals surface area contributed by atoms with Gasteiger partial charge in [0.15, 0.2) is 6.61 Å². The summed E-state index contributed by atoms with van der Waals surface area (Å²) < 4.78 is 32.4. The van der Waals surface area contributed by atoms with Crippen LogP contribution >= 0.6 is 0 Å². The van der Waals surface area contributed by atoms with Crippen LogP contribution in [-0.4, -0.2) is 62.3 Å². The number of rotatable bonds is 6. The summed E-state index contributed by atoms with van der Waals surface area (Å²) in [6.45, 7) is 2.59. The van der Waals surface area contributed by atoms with Crippen molar-refractivity contribution in [1.29, 1.82) is 0 Å². The maximum absolute atomic E-state index is 13.0. The second-order valence-electron chi connectivity index (χ2n) is 7.34. The molecule has 1 heterocycles.